The first-order valence-electron chi connectivity index (χ1n) is 7.06. The van der Waals surface area contributed by atoms with Crippen LogP contribution in [0.1, 0.15) is 12.8 Å². The van der Waals surface area contributed by atoms with Crippen molar-refractivity contribution in [2.45, 2.75) is 30.0 Å². The van der Waals surface area contributed by atoms with Crippen molar-refractivity contribution in [3.63, 3.8) is 0 Å². The molecule has 2 aliphatic rings. The first kappa shape index (κ1) is 16.2. The Morgan fingerprint density at radius 3 is 2.45 bits per heavy atom. The first-order chi connectivity index (χ1) is 10.4. The van der Waals surface area contributed by atoms with Gasteiger partial charge in [-0.15, -0.1) is 0 Å². The van der Waals surface area contributed by atoms with Crippen LogP contribution in [0.2, 0.25) is 5.02 Å². The van der Waals surface area contributed by atoms with E-state index in [9.17, 15) is 18.6 Å². The van der Waals surface area contributed by atoms with Crippen LogP contribution in [0.25, 0.3) is 0 Å². The van der Waals surface area contributed by atoms with Crippen molar-refractivity contribution in [1.29, 1.82) is 0 Å². The molecule has 3 rings (SSSR count). The Kier molecular flexibility index (Phi) is 4.22. The maximum absolute atomic E-state index is 12.9. The maximum atomic E-state index is 12.9. The lowest BCUT2D eigenvalue weighted by molar-refractivity contribution is -0.116. The topological polar surface area (TPSA) is 87.1 Å². The lowest BCUT2D eigenvalue weighted by Crippen LogP contribution is -2.58. The van der Waals surface area contributed by atoms with Gasteiger partial charge in [0.1, 0.15) is 6.23 Å². The summed E-state index contributed by atoms with van der Waals surface area (Å²) in [6.07, 6.45) is 0.178. The summed E-state index contributed by atoms with van der Waals surface area (Å²) in [5.41, 5.74) is -0.513. The second-order valence-electron chi connectivity index (χ2n) is 5.84. The molecule has 122 valence electrons. The second kappa shape index (κ2) is 5.74. The molecule has 1 aromatic rings. The zero-order chi connectivity index (χ0) is 16.0. The average Bonchev–Trinajstić information content (AvgIpc) is 3.28. The molecule has 6 nitrogen and oxygen atoms in total. The summed E-state index contributed by atoms with van der Waals surface area (Å²) >= 11 is 5.80. The van der Waals surface area contributed by atoms with Gasteiger partial charge in [-0.1, -0.05) is 11.6 Å². The highest BCUT2D eigenvalue weighted by atomic mass is 35.5. The molecule has 0 radical (unpaired) electrons. The van der Waals surface area contributed by atoms with Gasteiger partial charge >= 0.3 is 0 Å². The number of ether oxygens (including phenoxy) is 1. The number of aliphatic hydroxyl groups is 2. The first-order valence-corrected chi connectivity index (χ1v) is 8.88. The van der Waals surface area contributed by atoms with Crippen LogP contribution in [-0.4, -0.2) is 55.0 Å². The van der Waals surface area contributed by atoms with Crippen LogP contribution in [-0.2, 0) is 14.8 Å². The number of nitrogens with zero attached hydrogens (tertiary/aromatic N) is 1. The highest BCUT2D eigenvalue weighted by Gasteiger charge is 2.56. The van der Waals surface area contributed by atoms with E-state index in [1.807, 2.05) is 0 Å². The molecule has 1 saturated carbocycles. The molecule has 1 aliphatic heterocycles. The van der Waals surface area contributed by atoms with E-state index < -0.39 is 27.7 Å². The molecule has 1 aromatic carbocycles. The van der Waals surface area contributed by atoms with Gasteiger partial charge in [-0.25, -0.2) is 8.42 Å². The van der Waals surface area contributed by atoms with Crippen molar-refractivity contribution in [3.05, 3.63) is 29.3 Å². The van der Waals surface area contributed by atoms with E-state index in [-0.39, 0.29) is 24.7 Å². The summed E-state index contributed by atoms with van der Waals surface area (Å²) in [6, 6.07) is 5.25. The monoisotopic (exact) mass is 347 g/mol. The second-order valence-corrected chi connectivity index (χ2v) is 8.12. The summed E-state index contributed by atoms with van der Waals surface area (Å²) in [7, 11) is -3.90. The molecule has 22 heavy (non-hydrogen) atoms. The highest BCUT2D eigenvalue weighted by molar-refractivity contribution is 7.89. The zero-order valence-electron chi connectivity index (χ0n) is 11.9. The van der Waals surface area contributed by atoms with E-state index in [1.165, 1.54) is 24.3 Å². The summed E-state index contributed by atoms with van der Waals surface area (Å²) in [5.74, 6) is 0. The van der Waals surface area contributed by atoms with Gasteiger partial charge in [0.15, 0.2) is 0 Å². The van der Waals surface area contributed by atoms with Crippen LogP contribution in [0.4, 0.5) is 0 Å². The predicted octanol–water partition coefficient (Wildman–Crippen LogP) is 0.820. The molecule has 1 saturated heterocycles. The van der Waals surface area contributed by atoms with Gasteiger partial charge in [-0.2, -0.15) is 4.31 Å². The fraction of sp³-hybridized carbons (Fsp3) is 0.571. The summed E-state index contributed by atoms with van der Waals surface area (Å²) in [5, 5.41) is 20.2. The molecule has 0 spiro atoms. The Balaban J connectivity index is 1.99. The Morgan fingerprint density at radius 1 is 1.27 bits per heavy atom. The zero-order valence-corrected chi connectivity index (χ0v) is 13.4. The molecule has 2 atom stereocenters. The van der Waals surface area contributed by atoms with Gasteiger partial charge in [0.05, 0.1) is 30.8 Å². The molecule has 1 aliphatic carbocycles. The number of morpholine rings is 1. The lowest BCUT2D eigenvalue weighted by Gasteiger charge is -2.41. The fourth-order valence-electron chi connectivity index (χ4n) is 2.90. The molecule has 1 heterocycles. The van der Waals surface area contributed by atoms with E-state index in [4.69, 9.17) is 16.3 Å². The van der Waals surface area contributed by atoms with Gasteiger partial charge in [0.2, 0.25) is 10.0 Å². The predicted molar refractivity (Wildman–Crippen MR) is 79.8 cm³/mol. The summed E-state index contributed by atoms with van der Waals surface area (Å²) < 4.78 is 32.2. The number of hydrogen-bond acceptors (Lipinski definition) is 5. The molecule has 0 unspecified atom stereocenters. The SMILES string of the molecule is O=S(=O)(c1ccc(Cl)cc1)N1[C@H](O)COC[C@@H]1C1(CO)CC1. The van der Waals surface area contributed by atoms with Crippen LogP contribution in [0, 0.1) is 5.41 Å². The van der Waals surface area contributed by atoms with Crippen LogP contribution < -0.4 is 0 Å². The van der Waals surface area contributed by atoms with Gasteiger partial charge in [0, 0.05) is 10.4 Å². The number of rotatable bonds is 4. The number of hydrogen-bond donors (Lipinski definition) is 2. The minimum atomic E-state index is -3.90. The third-order valence-electron chi connectivity index (χ3n) is 4.45. The van der Waals surface area contributed by atoms with Gasteiger partial charge in [-0.05, 0) is 37.1 Å². The normalized spacial score (nSPS) is 28.5. The van der Waals surface area contributed by atoms with E-state index in [1.54, 1.807) is 0 Å². The van der Waals surface area contributed by atoms with Crippen LogP contribution in [0.5, 0.6) is 0 Å². The number of benzene rings is 1. The van der Waals surface area contributed by atoms with Crippen molar-refractivity contribution in [1.82, 2.24) is 4.31 Å². The van der Waals surface area contributed by atoms with Crippen LogP contribution >= 0.6 is 11.6 Å². The number of sulfonamides is 1. The highest BCUT2D eigenvalue weighted by Crippen LogP contribution is 2.52. The van der Waals surface area contributed by atoms with E-state index in [0.717, 1.165) is 17.1 Å². The lowest BCUT2D eigenvalue weighted by atomic mass is 9.97. The van der Waals surface area contributed by atoms with Gasteiger partial charge in [-0.3, -0.25) is 0 Å². The van der Waals surface area contributed by atoms with Crippen LogP contribution in [0.15, 0.2) is 29.2 Å². The minimum absolute atomic E-state index is 0.0663. The van der Waals surface area contributed by atoms with Gasteiger partial charge < -0.3 is 14.9 Å². The van der Waals surface area contributed by atoms with Gasteiger partial charge in [0.25, 0.3) is 0 Å². The van der Waals surface area contributed by atoms with E-state index in [2.05, 4.69) is 0 Å². The Hall–Kier alpha value is -0.700. The average molecular weight is 348 g/mol. The number of aliphatic hydroxyl groups excluding tert-OH is 2. The van der Waals surface area contributed by atoms with Crippen molar-refractivity contribution in [3.8, 4) is 0 Å². The Bertz CT molecular complexity index is 644. The molecular weight excluding hydrogens is 330 g/mol. The summed E-state index contributed by atoms with van der Waals surface area (Å²) in [4.78, 5) is 0.0663. The molecule has 0 aromatic heterocycles. The molecule has 2 fully saturated rings. The fourth-order valence-corrected chi connectivity index (χ4v) is 4.75. The van der Waals surface area contributed by atoms with Crippen molar-refractivity contribution >= 4 is 21.6 Å². The van der Waals surface area contributed by atoms with E-state index >= 15 is 0 Å². The minimum Gasteiger partial charge on any atom is -0.396 e. The molecule has 0 bridgehead atoms. The van der Waals surface area contributed by atoms with Crippen LogP contribution in [0.3, 0.4) is 0 Å². The van der Waals surface area contributed by atoms with Crippen molar-refractivity contribution < 1.29 is 23.4 Å². The third-order valence-corrected chi connectivity index (χ3v) is 6.62. The molecule has 8 heteroatoms. The quantitative estimate of drug-likeness (QED) is 0.842. The standard InChI is InChI=1S/C14H18ClNO5S/c15-10-1-3-11(4-2-10)22(19,20)16-12(7-21-8-13(16)18)14(9-17)5-6-14/h1-4,12-13,17-18H,5-9H2/t12-,13-/m1/s1. The Labute approximate surface area is 134 Å². The smallest absolute Gasteiger partial charge is 0.245 e. The molecule has 0 amide bonds. The number of halogens is 1. The van der Waals surface area contributed by atoms with Crippen molar-refractivity contribution in [2.75, 3.05) is 19.8 Å². The Morgan fingerprint density at radius 2 is 1.91 bits per heavy atom. The molecular formula is C14H18ClNO5S. The third kappa shape index (κ3) is 2.66. The molecule has 2 N–H and O–H groups in total. The summed E-state index contributed by atoms with van der Waals surface area (Å²) in [6.45, 7) is -0.0321. The largest absolute Gasteiger partial charge is 0.396 e. The van der Waals surface area contributed by atoms with E-state index in [0.29, 0.717) is 5.02 Å². The van der Waals surface area contributed by atoms with Crippen molar-refractivity contribution in [2.24, 2.45) is 5.41 Å². The maximum Gasteiger partial charge on any atom is 0.245 e.